The Hall–Kier alpha value is -2.35. The van der Waals surface area contributed by atoms with E-state index in [1.54, 1.807) is 12.4 Å². The van der Waals surface area contributed by atoms with Gasteiger partial charge in [0.25, 0.3) is 0 Å². The van der Waals surface area contributed by atoms with Crippen molar-refractivity contribution in [2.45, 2.75) is 25.7 Å². The van der Waals surface area contributed by atoms with Crippen molar-refractivity contribution < 1.29 is 23.1 Å². The summed E-state index contributed by atoms with van der Waals surface area (Å²) in [5, 5.41) is 16.3. The van der Waals surface area contributed by atoms with Crippen molar-refractivity contribution in [2.75, 3.05) is 6.54 Å². The van der Waals surface area contributed by atoms with Crippen molar-refractivity contribution in [1.29, 1.82) is 0 Å². The number of aromatic nitrogens is 2. The van der Waals surface area contributed by atoms with Gasteiger partial charge in [0, 0.05) is 12.7 Å². The van der Waals surface area contributed by atoms with Crippen LogP contribution in [0.15, 0.2) is 36.7 Å². The summed E-state index contributed by atoms with van der Waals surface area (Å²) in [6, 6.07) is 4.39. The number of hydrogen-bond acceptors (Lipinski definition) is 3. The van der Waals surface area contributed by atoms with Crippen LogP contribution >= 0.6 is 0 Å². The fourth-order valence-electron chi connectivity index (χ4n) is 2.01. The first-order valence-corrected chi connectivity index (χ1v) is 6.86. The molecule has 0 bridgehead atoms. The molecule has 1 aromatic carbocycles. The Balaban J connectivity index is 1.91. The van der Waals surface area contributed by atoms with E-state index in [0.717, 1.165) is 17.7 Å². The van der Waals surface area contributed by atoms with Crippen molar-refractivity contribution in [1.82, 2.24) is 15.1 Å². The van der Waals surface area contributed by atoms with E-state index in [2.05, 4.69) is 10.4 Å². The average Bonchev–Trinajstić information content (AvgIpc) is 2.89. The Morgan fingerprint density at radius 2 is 2.17 bits per heavy atom. The zero-order valence-electron chi connectivity index (χ0n) is 12.3. The predicted octanol–water partition coefficient (Wildman–Crippen LogP) is 2.06. The van der Waals surface area contributed by atoms with E-state index in [1.165, 1.54) is 16.8 Å². The quantitative estimate of drug-likeness (QED) is 0.883. The largest absolute Gasteiger partial charge is 0.416 e. The lowest BCUT2D eigenvalue weighted by Crippen LogP contribution is -2.31. The summed E-state index contributed by atoms with van der Waals surface area (Å²) in [5.41, 5.74) is 0.157. The normalized spacial score (nSPS) is 12.9. The highest BCUT2D eigenvalue weighted by Gasteiger charge is 2.30. The number of aryl methyl sites for hydroxylation is 1. The summed E-state index contributed by atoms with van der Waals surface area (Å²) in [7, 11) is 0. The van der Waals surface area contributed by atoms with Gasteiger partial charge in [-0.2, -0.15) is 18.3 Å². The highest BCUT2D eigenvalue weighted by Crippen LogP contribution is 2.30. The summed E-state index contributed by atoms with van der Waals surface area (Å²) in [5.74, 6) is -0.390. The number of alkyl halides is 3. The second-order valence-electron chi connectivity index (χ2n) is 5.16. The summed E-state index contributed by atoms with van der Waals surface area (Å²) in [6.07, 6.45) is -2.41. The maximum Gasteiger partial charge on any atom is 0.416 e. The second kappa shape index (κ2) is 6.82. The standard InChI is InChI=1S/C15H16F3N3O2/c1-10-6-20-21(8-10)9-14(23)19-7-13(22)11-3-2-4-12(5-11)15(16,17)18/h2-6,8,13,22H,7,9H2,1H3,(H,19,23)/t13-/m1/s1. The molecule has 0 radical (unpaired) electrons. The van der Waals surface area contributed by atoms with E-state index in [1.807, 2.05) is 6.92 Å². The molecule has 0 aliphatic carbocycles. The first kappa shape index (κ1) is 17.0. The number of nitrogens with one attached hydrogen (secondary N) is 1. The molecule has 1 aromatic heterocycles. The van der Waals surface area contributed by atoms with Gasteiger partial charge in [-0.25, -0.2) is 0 Å². The molecule has 2 aromatic rings. The number of halogens is 3. The zero-order valence-corrected chi connectivity index (χ0v) is 12.3. The molecule has 2 N–H and O–H groups in total. The number of carbonyl (C=O) groups excluding carboxylic acids is 1. The van der Waals surface area contributed by atoms with Gasteiger partial charge < -0.3 is 10.4 Å². The molecule has 0 saturated carbocycles. The van der Waals surface area contributed by atoms with Crippen molar-refractivity contribution >= 4 is 5.91 Å². The van der Waals surface area contributed by atoms with Gasteiger partial charge in [0.1, 0.15) is 6.54 Å². The van der Waals surface area contributed by atoms with Crippen LogP contribution in [0.5, 0.6) is 0 Å². The van der Waals surface area contributed by atoms with Crippen molar-refractivity contribution in [2.24, 2.45) is 0 Å². The summed E-state index contributed by atoms with van der Waals surface area (Å²) in [4.78, 5) is 11.7. The van der Waals surface area contributed by atoms with E-state index in [4.69, 9.17) is 0 Å². The predicted molar refractivity (Wildman–Crippen MR) is 76.4 cm³/mol. The van der Waals surface area contributed by atoms with Gasteiger partial charge in [-0.15, -0.1) is 0 Å². The Morgan fingerprint density at radius 3 is 2.78 bits per heavy atom. The molecule has 0 aliphatic rings. The van der Waals surface area contributed by atoms with Gasteiger partial charge in [-0.3, -0.25) is 9.48 Å². The zero-order chi connectivity index (χ0) is 17.0. The topological polar surface area (TPSA) is 67.2 Å². The number of nitrogens with zero attached hydrogens (tertiary/aromatic N) is 2. The number of benzene rings is 1. The molecule has 5 nitrogen and oxygen atoms in total. The van der Waals surface area contributed by atoms with Crippen molar-refractivity contribution in [3.63, 3.8) is 0 Å². The van der Waals surface area contributed by atoms with E-state index >= 15 is 0 Å². The highest BCUT2D eigenvalue weighted by molar-refractivity contribution is 5.75. The average molecular weight is 327 g/mol. The third-order valence-corrected chi connectivity index (χ3v) is 3.16. The van der Waals surface area contributed by atoms with Gasteiger partial charge in [0.2, 0.25) is 5.91 Å². The summed E-state index contributed by atoms with van der Waals surface area (Å²) >= 11 is 0. The molecule has 0 aliphatic heterocycles. The molecule has 23 heavy (non-hydrogen) atoms. The molecule has 0 spiro atoms. The third kappa shape index (κ3) is 4.82. The Bertz CT molecular complexity index is 683. The smallest absolute Gasteiger partial charge is 0.387 e. The first-order valence-electron chi connectivity index (χ1n) is 6.86. The number of hydrogen-bond donors (Lipinski definition) is 2. The minimum Gasteiger partial charge on any atom is -0.387 e. The van der Waals surface area contributed by atoms with Crippen molar-refractivity contribution in [3.8, 4) is 0 Å². The van der Waals surface area contributed by atoms with Gasteiger partial charge >= 0.3 is 6.18 Å². The molecule has 1 heterocycles. The van der Waals surface area contributed by atoms with Crippen LogP contribution in [0.4, 0.5) is 13.2 Å². The molecule has 1 amide bonds. The third-order valence-electron chi connectivity index (χ3n) is 3.16. The molecule has 0 unspecified atom stereocenters. The van der Waals surface area contributed by atoms with Crippen LogP contribution in [0.2, 0.25) is 0 Å². The van der Waals surface area contributed by atoms with E-state index < -0.39 is 17.8 Å². The van der Waals surface area contributed by atoms with Crippen LogP contribution in [-0.4, -0.2) is 27.3 Å². The van der Waals surface area contributed by atoms with E-state index in [9.17, 15) is 23.1 Å². The molecule has 124 valence electrons. The molecule has 1 atom stereocenters. The summed E-state index contributed by atoms with van der Waals surface area (Å²) < 4.78 is 39.3. The van der Waals surface area contributed by atoms with Crippen LogP contribution in [0.3, 0.4) is 0 Å². The molecule has 0 fully saturated rings. The number of amides is 1. The van der Waals surface area contributed by atoms with Crippen LogP contribution < -0.4 is 5.32 Å². The Labute approximate surface area is 130 Å². The molecule has 8 heteroatoms. The number of aliphatic hydroxyl groups is 1. The number of carbonyl (C=O) groups is 1. The van der Waals surface area contributed by atoms with Crippen LogP contribution in [0.25, 0.3) is 0 Å². The lowest BCUT2D eigenvalue weighted by molar-refractivity contribution is -0.137. The second-order valence-corrected chi connectivity index (χ2v) is 5.16. The summed E-state index contributed by atoms with van der Waals surface area (Å²) in [6.45, 7) is 1.63. The Kier molecular flexibility index (Phi) is 5.05. The van der Waals surface area contributed by atoms with Crippen LogP contribution in [0.1, 0.15) is 22.8 Å². The molecular weight excluding hydrogens is 311 g/mol. The van der Waals surface area contributed by atoms with Gasteiger partial charge in [-0.05, 0) is 30.2 Å². The number of rotatable bonds is 5. The first-order chi connectivity index (χ1) is 10.8. The lowest BCUT2D eigenvalue weighted by Gasteiger charge is -2.14. The fourth-order valence-corrected chi connectivity index (χ4v) is 2.01. The minimum atomic E-state index is -4.48. The molecule has 2 rings (SSSR count). The molecule has 0 saturated heterocycles. The van der Waals surface area contributed by atoms with E-state index in [0.29, 0.717) is 0 Å². The number of aliphatic hydroxyl groups excluding tert-OH is 1. The monoisotopic (exact) mass is 327 g/mol. The van der Waals surface area contributed by atoms with Gasteiger partial charge in [0.15, 0.2) is 0 Å². The molecular formula is C15H16F3N3O2. The maximum atomic E-state index is 12.6. The minimum absolute atomic E-state index is 0.0247. The van der Waals surface area contributed by atoms with Gasteiger partial charge in [-0.1, -0.05) is 12.1 Å². The fraction of sp³-hybridized carbons (Fsp3) is 0.333. The SMILES string of the molecule is Cc1cnn(CC(=O)NC[C@@H](O)c2cccc(C(F)(F)F)c2)c1. The highest BCUT2D eigenvalue weighted by atomic mass is 19.4. The lowest BCUT2D eigenvalue weighted by atomic mass is 10.1. The van der Waals surface area contributed by atoms with E-state index in [-0.39, 0.29) is 24.6 Å². The van der Waals surface area contributed by atoms with Gasteiger partial charge in [0.05, 0.1) is 17.9 Å². The van der Waals surface area contributed by atoms with Crippen molar-refractivity contribution in [3.05, 3.63) is 53.3 Å². The maximum absolute atomic E-state index is 12.6. The Morgan fingerprint density at radius 1 is 1.43 bits per heavy atom. The van der Waals surface area contributed by atoms with Crippen LogP contribution in [0, 0.1) is 6.92 Å². The van der Waals surface area contributed by atoms with Crippen LogP contribution in [-0.2, 0) is 17.5 Å².